The first-order valence-electron chi connectivity index (χ1n) is 9.12. The molecule has 8 heteroatoms. The van der Waals surface area contributed by atoms with Crippen molar-refractivity contribution in [1.29, 1.82) is 0 Å². The number of nitrogens with one attached hydrogen (secondary N) is 1. The predicted molar refractivity (Wildman–Crippen MR) is 107 cm³/mol. The molecule has 0 unspecified atom stereocenters. The van der Waals surface area contributed by atoms with Gasteiger partial charge in [0.25, 0.3) is 11.8 Å². The summed E-state index contributed by atoms with van der Waals surface area (Å²) < 4.78 is 0. The number of benzene rings is 1. The number of thiophene rings is 1. The molecule has 0 saturated carbocycles. The molecule has 1 spiro atoms. The van der Waals surface area contributed by atoms with Crippen molar-refractivity contribution in [2.24, 2.45) is 0 Å². The van der Waals surface area contributed by atoms with Crippen LogP contribution >= 0.6 is 22.9 Å². The monoisotopic (exact) mass is 417 g/mol. The molecule has 1 aromatic heterocycles. The van der Waals surface area contributed by atoms with Gasteiger partial charge in [0.2, 0.25) is 0 Å². The third-order valence-electron chi connectivity index (χ3n) is 5.49. The molecule has 0 aliphatic carbocycles. The van der Waals surface area contributed by atoms with Crippen molar-refractivity contribution in [2.45, 2.75) is 31.8 Å². The molecule has 3 heterocycles. The number of hydrogen-bond acceptors (Lipinski definition) is 4. The van der Waals surface area contributed by atoms with Crippen LogP contribution in [0.15, 0.2) is 35.7 Å². The van der Waals surface area contributed by atoms with E-state index < -0.39 is 11.6 Å². The van der Waals surface area contributed by atoms with Crippen LogP contribution in [0, 0.1) is 6.92 Å². The molecular formula is C20H20ClN3O3S. The average Bonchev–Trinajstić information content (AvgIpc) is 3.20. The van der Waals surface area contributed by atoms with E-state index in [1.54, 1.807) is 23.1 Å². The Hall–Kier alpha value is -2.38. The van der Waals surface area contributed by atoms with Gasteiger partial charge in [0.15, 0.2) is 0 Å². The zero-order valence-electron chi connectivity index (χ0n) is 15.4. The molecule has 0 bridgehead atoms. The lowest BCUT2D eigenvalue weighted by Gasteiger charge is -2.37. The normalized spacial score (nSPS) is 18.6. The highest BCUT2D eigenvalue weighted by atomic mass is 35.5. The highest BCUT2D eigenvalue weighted by Gasteiger charge is 2.52. The minimum Gasteiger partial charge on any atom is -0.338 e. The maximum Gasteiger partial charge on any atom is 0.325 e. The smallest absolute Gasteiger partial charge is 0.325 e. The topological polar surface area (TPSA) is 69.7 Å². The van der Waals surface area contributed by atoms with E-state index in [2.05, 4.69) is 5.32 Å². The van der Waals surface area contributed by atoms with Crippen LogP contribution in [0.2, 0.25) is 5.02 Å². The number of halogens is 1. The quantitative estimate of drug-likeness (QED) is 0.778. The molecule has 2 aliphatic heterocycles. The van der Waals surface area contributed by atoms with Gasteiger partial charge in [-0.15, -0.1) is 11.3 Å². The molecule has 1 aromatic carbocycles. The summed E-state index contributed by atoms with van der Waals surface area (Å²) in [6.07, 6.45) is 0.819. The molecule has 6 nitrogen and oxygen atoms in total. The van der Waals surface area contributed by atoms with Crippen LogP contribution in [0.4, 0.5) is 4.79 Å². The Kier molecular flexibility index (Phi) is 4.89. The lowest BCUT2D eigenvalue weighted by molar-refractivity contribution is -0.133. The van der Waals surface area contributed by atoms with Crippen LogP contribution in [0.5, 0.6) is 0 Å². The Morgan fingerprint density at radius 2 is 1.93 bits per heavy atom. The molecule has 2 fully saturated rings. The van der Waals surface area contributed by atoms with Gasteiger partial charge in [-0.25, -0.2) is 4.79 Å². The third-order valence-corrected chi connectivity index (χ3v) is 6.87. The van der Waals surface area contributed by atoms with Gasteiger partial charge in [0, 0.05) is 18.1 Å². The second-order valence-corrected chi connectivity index (χ2v) is 8.54. The van der Waals surface area contributed by atoms with Gasteiger partial charge in [-0.2, -0.15) is 0 Å². The zero-order chi connectivity index (χ0) is 19.9. The SMILES string of the molecule is Cc1ccsc1C(=O)N1CCC2(CC1)NC(=O)N(Cc1ccccc1Cl)C2=O. The minimum atomic E-state index is -0.931. The first-order valence-corrected chi connectivity index (χ1v) is 10.4. The predicted octanol–water partition coefficient (Wildman–Crippen LogP) is 3.44. The van der Waals surface area contributed by atoms with Crippen molar-refractivity contribution in [3.63, 3.8) is 0 Å². The summed E-state index contributed by atoms with van der Waals surface area (Å²) >= 11 is 7.61. The van der Waals surface area contributed by atoms with E-state index >= 15 is 0 Å². The number of carbonyl (C=O) groups is 3. The Morgan fingerprint density at radius 3 is 2.57 bits per heavy atom. The lowest BCUT2D eigenvalue weighted by atomic mass is 9.87. The second-order valence-electron chi connectivity index (χ2n) is 7.22. The minimum absolute atomic E-state index is 0.00736. The molecule has 146 valence electrons. The van der Waals surface area contributed by atoms with Crippen molar-refractivity contribution in [2.75, 3.05) is 13.1 Å². The molecule has 1 N–H and O–H groups in total. The second kappa shape index (κ2) is 7.22. The number of urea groups is 1. The average molecular weight is 418 g/mol. The Balaban J connectivity index is 1.46. The Morgan fingerprint density at radius 1 is 1.21 bits per heavy atom. The van der Waals surface area contributed by atoms with E-state index in [0.29, 0.717) is 31.0 Å². The molecule has 4 rings (SSSR count). The molecule has 4 amide bonds. The Bertz CT molecular complexity index is 950. The standard InChI is InChI=1S/C20H20ClN3O3S/c1-13-6-11-28-16(13)17(25)23-9-7-20(8-10-23)18(26)24(19(27)22-20)12-14-4-2-3-5-15(14)21/h2-6,11H,7-10,12H2,1H3,(H,22,27). The number of rotatable bonds is 3. The van der Waals surface area contributed by atoms with Crippen LogP contribution < -0.4 is 5.32 Å². The molecule has 0 radical (unpaired) electrons. The van der Waals surface area contributed by atoms with Crippen LogP contribution in [0.3, 0.4) is 0 Å². The molecule has 28 heavy (non-hydrogen) atoms. The molecule has 2 saturated heterocycles. The third kappa shape index (κ3) is 3.18. The fourth-order valence-corrected chi connectivity index (χ4v) is 4.87. The van der Waals surface area contributed by atoms with Gasteiger partial charge < -0.3 is 10.2 Å². The molecular weight excluding hydrogens is 398 g/mol. The number of likely N-dealkylation sites (tertiary alicyclic amines) is 1. The van der Waals surface area contributed by atoms with Crippen LogP contribution in [0.25, 0.3) is 0 Å². The number of imide groups is 1. The summed E-state index contributed by atoms with van der Waals surface area (Å²) in [7, 11) is 0. The fourth-order valence-electron chi connectivity index (χ4n) is 3.78. The van der Waals surface area contributed by atoms with Gasteiger partial charge in [0.1, 0.15) is 5.54 Å². The van der Waals surface area contributed by atoms with Gasteiger partial charge in [-0.1, -0.05) is 29.8 Å². The van der Waals surface area contributed by atoms with E-state index in [1.165, 1.54) is 16.2 Å². The summed E-state index contributed by atoms with van der Waals surface area (Å²) in [4.78, 5) is 42.0. The fraction of sp³-hybridized carbons (Fsp3) is 0.350. The van der Waals surface area contributed by atoms with E-state index in [4.69, 9.17) is 11.6 Å². The first-order chi connectivity index (χ1) is 13.4. The van der Waals surface area contributed by atoms with Gasteiger partial charge in [-0.3, -0.25) is 14.5 Å². The number of aryl methyl sites for hydroxylation is 1. The largest absolute Gasteiger partial charge is 0.338 e. The van der Waals surface area contributed by atoms with E-state index in [1.807, 2.05) is 24.4 Å². The lowest BCUT2D eigenvalue weighted by Crippen LogP contribution is -2.55. The van der Waals surface area contributed by atoms with Crippen molar-refractivity contribution >= 4 is 40.8 Å². The Labute approximate surface area is 172 Å². The number of amides is 4. The number of carbonyl (C=O) groups excluding carboxylic acids is 3. The van der Waals surface area contributed by atoms with Crippen molar-refractivity contribution in [1.82, 2.24) is 15.1 Å². The summed E-state index contributed by atoms with van der Waals surface area (Å²) in [6.45, 7) is 2.93. The first kappa shape index (κ1) is 19.0. The van der Waals surface area contributed by atoms with E-state index in [-0.39, 0.29) is 18.4 Å². The maximum absolute atomic E-state index is 13.1. The summed E-state index contributed by atoms with van der Waals surface area (Å²) in [6, 6.07) is 8.70. The van der Waals surface area contributed by atoms with E-state index in [9.17, 15) is 14.4 Å². The highest BCUT2D eigenvalue weighted by molar-refractivity contribution is 7.12. The van der Waals surface area contributed by atoms with Gasteiger partial charge >= 0.3 is 6.03 Å². The molecule has 2 aliphatic rings. The number of nitrogens with zero attached hydrogens (tertiary/aromatic N) is 2. The zero-order valence-corrected chi connectivity index (χ0v) is 17.0. The molecule has 2 aromatic rings. The van der Waals surface area contributed by atoms with Crippen LogP contribution in [-0.2, 0) is 11.3 Å². The number of hydrogen-bond donors (Lipinski definition) is 1. The molecule has 0 atom stereocenters. The van der Waals surface area contributed by atoms with Crippen LogP contribution in [0.1, 0.15) is 33.6 Å². The highest BCUT2D eigenvalue weighted by Crippen LogP contribution is 2.32. The van der Waals surface area contributed by atoms with E-state index in [0.717, 1.165) is 16.0 Å². The maximum atomic E-state index is 13.1. The van der Waals surface area contributed by atoms with Gasteiger partial charge in [-0.05, 0) is 48.4 Å². The number of piperidine rings is 1. The van der Waals surface area contributed by atoms with Crippen molar-refractivity contribution in [3.8, 4) is 0 Å². The van der Waals surface area contributed by atoms with Crippen molar-refractivity contribution < 1.29 is 14.4 Å². The van der Waals surface area contributed by atoms with Gasteiger partial charge in [0.05, 0.1) is 11.4 Å². The summed E-state index contributed by atoms with van der Waals surface area (Å²) in [5.41, 5.74) is 0.761. The van der Waals surface area contributed by atoms with Crippen molar-refractivity contribution in [3.05, 3.63) is 56.7 Å². The van der Waals surface area contributed by atoms with Crippen LogP contribution in [-0.4, -0.2) is 46.3 Å². The summed E-state index contributed by atoms with van der Waals surface area (Å²) in [5.74, 6) is -0.246. The summed E-state index contributed by atoms with van der Waals surface area (Å²) in [5, 5.41) is 5.30.